The Morgan fingerprint density at radius 1 is 1.33 bits per heavy atom. The van der Waals surface area contributed by atoms with Gasteiger partial charge in [-0.05, 0) is 18.2 Å². The number of benzene rings is 1. The molecule has 0 aromatic heterocycles. The molecule has 1 aromatic rings. The number of hydrogen-bond acceptors (Lipinski definition) is 4. The number of halogens is 1. The van der Waals surface area contributed by atoms with E-state index in [-0.39, 0.29) is 23.8 Å². The highest BCUT2D eigenvalue weighted by molar-refractivity contribution is 9.10. The smallest absolute Gasteiger partial charge is 0.240 e. The number of amides is 1. The average molecular weight is 377 g/mol. The van der Waals surface area contributed by atoms with Gasteiger partial charge in [0.15, 0.2) is 0 Å². The first-order valence-corrected chi connectivity index (χ1v) is 8.87. The van der Waals surface area contributed by atoms with Gasteiger partial charge in [-0.2, -0.15) is 0 Å². The lowest BCUT2D eigenvalue weighted by Gasteiger charge is -2.26. The summed E-state index contributed by atoms with van der Waals surface area (Å²) < 4.78 is 32.4. The highest BCUT2D eigenvalue weighted by Gasteiger charge is 2.18. The second kappa shape index (κ2) is 7.35. The van der Waals surface area contributed by atoms with Crippen LogP contribution in [-0.2, 0) is 19.6 Å². The largest absolute Gasteiger partial charge is 0.378 e. The number of ether oxygens (including phenoxy) is 1. The third-order valence-corrected chi connectivity index (χ3v) is 5.05. The highest BCUT2D eigenvalue weighted by atomic mass is 79.9. The zero-order valence-electron chi connectivity index (χ0n) is 11.4. The molecule has 1 fully saturated rings. The summed E-state index contributed by atoms with van der Waals surface area (Å²) in [6.07, 6.45) is 0.146. The summed E-state index contributed by atoms with van der Waals surface area (Å²) in [7, 11) is -3.58. The van der Waals surface area contributed by atoms with Crippen molar-refractivity contribution < 1.29 is 17.9 Å². The van der Waals surface area contributed by atoms with Crippen molar-refractivity contribution in [2.24, 2.45) is 0 Å². The minimum atomic E-state index is -3.58. The zero-order valence-corrected chi connectivity index (χ0v) is 13.8. The van der Waals surface area contributed by atoms with E-state index in [9.17, 15) is 13.2 Å². The Hall–Kier alpha value is -0.960. The normalized spacial score (nSPS) is 16.0. The van der Waals surface area contributed by atoms with Crippen molar-refractivity contribution in [3.8, 4) is 0 Å². The predicted molar refractivity (Wildman–Crippen MR) is 81.3 cm³/mol. The van der Waals surface area contributed by atoms with Gasteiger partial charge in [0, 0.05) is 30.5 Å². The first-order valence-electron chi connectivity index (χ1n) is 6.60. The number of sulfonamides is 1. The molecule has 1 amide bonds. The van der Waals surface area contributed by atoms with Crippen LogP contribution in [0.25, 0.3) is 0 Å². The van der Waals surface area contributed by atoms with Gasteiger partial charge in [-0.15, -0.1) is 0 Å². The van der Waals surface area contributed by atoms with Crippen LogP contribution in [0.3, 0.4) is 0 Å². The quantitative estimate of drug-likeness (QED) is 0.830. The molecule has 1 saturated heterocycles. The van der Waals surface area contributed by atoms with Crippen LogP contribution < -0.4 is 4.72 Å². The van der Waals surface area contributed by atoms with E-state index < -0.39 is 10.0 Å². The van der Waals surface area contributed by atoms with Crippen molar-refractivity contribution >= 4 is 31.9 Å². The third kappa shape index (κ3) is 4.77. The molecule has 21 heavy (non-hydrogen) atoms. The van der Waals surface area contributed by atoms with Crippen LogP contribution in [0.2, 0.25) is 0 Å². The summed E-state index contributed by atoms with van der Waals surface area (Å²) >= 11 is 3.23. The van der Waals surface area contributed by atoms with Crippen molar-refractivity contribution in [1.29, 1.82) is 0 Å². The zero-order chi connectivity index (χ0) is 15.3. The molecule has 0 aliphatic carbocycles. The molecular weight excluding hydrogens is 360 g/mol. The summed E-state index contributed by atoms with van der Waals surface area (Å²) in [6.45, 7) is 2.30. The second-order valence-electron chi connectivity index (χ2n) is 4.60. The molecule has 0 saturated carbocycles. The van der Waals surface area contributed by atoms with Gasteiger partial charge in [0.05, 0.1) is 18.1 Å². The van der Waals surface area contributed by atoms with Crippen molar-refractivity contribution in [3.63, 3.8) is 0 Å². The maximum absolute atomic E-state index is 12.1. The van der Waals surface area contributed by atoms with Gasteiger partial charge in [0.2, 0.25) is 15.9 Å². The number of carbonyl (C=O) groups is 1. The Kier molecular flexibility index (Phi) is 5.74. The third-order valence-electron chi connectivity index (χ3n) is 3.10. The van der Waals surface area contributed by atoms with Crippen molar-refractivity contribution in [3.05, 3.63) is 28.7 Å². The standard InChI is InChI=1S/C13H17BrN2O4S/c14-11-2-1-3-12(10-11)21(18,19)15-5-4-13(17)16-6-8-20-9-7-16/h1-3,10,15H,4-9H2. The van der Waals surface area contributed by atoms with Gasteiger partial charge < -0.3 is 9.64 Å². The van der Waals surface area contributed by atoms with E-state index in [1.165, 1.54) is 12.1 Å². The van der Waals surface area contributed by atoms with E-state index in [0.717, 1.165) is 0 Å². The minimum absolute atomic E-state index is 0.0600. The van der Waals surface area contributed by atoms with Crippen molar-refractivity contribution in [2.45, 2.75) is 11.3 Å². The van der Waals surface area contributed by atoms with Crippen LogP contribution >= 0.6 is 15.9 Å². The van der Waals surface area contributed by atoms with Crippen LogP contribution in [-0.4, -0.2) is 52.1 Å². The van der Waals surface area contributed by atoms with Crippen LogP contribution in [0.15, 0.2) is 33.6 Å². The molecule has 0 unspecified atom stereocenters. The lowest BCUT2D eigenvalue weighted by atomic mass is 10.3. The van der Waals surface area contributed by atoms with E-state index in [4.69, 9.17) is 4.74 Å². The molecule has 1 aliphatic heterocycles. The van der Waals surface area contributed by atoms with E-state index in [2.05, 4.69) is 20.7 Å². The fourth-order valence-corrected chi connectivity index (χ4v) is 3.61. The summed E-state index contributed by atoms with van der Waals surface area (Å²) in [5.41, 5.74) is 0. The SMILES string of the molecule is O=C(CCNS(=O)(=O)c1cccc(Br)c1)N1CCOCC1. The maximum atomic E-state index is 12.1. The van der Waals surface area contributed by atoms with E-state index in [0.29, 0.717) is 30.8 Å². The molecule has 0 bridgehead atoms. The summed E-state index contributed by atoms with van der Waals surface area (Å²) in [5, 5.41) is 0. The topological polar surface area (TPSA) is 75.7 Å². The van der Waals surface area contributed by atoms with E-state index >= 15 is 0 Å². The van der Waals surface area contributed by atoms with Gasteiger partial charge >= 0.3 is 0 Å². The molecular formula is C13H17BrN2O4S. The molecule has 2 rings (SSSR count). The second-order valence-corrected chi connectivity index (χ2v) is 7.28. The molecule has 6 nitrogen and oxygen atoms in total. The average Bonchev–Trinajstić information content (AvgIpc) is 2.48. The Bertz CT molecular complexity index is 600. The minimum Gasteiger partial charge on any atom is -0.378 e. The number of nitrogens with one attached hydrogen (secondary N) is 1. The molecule has 1 aliphatic rings. The first kappa shape index (κ1) is 16.4. The Morgan fingerprint density at radius 3 is 2.71 bits per heavy atom. The summed E-state index contributed by atoms with van der Waals surface area (Å²) in [6, 6.07) is 6.43. The fourth-order valence-electron chi connectivity index (χ4n) is 1.98. The molecule has 1 heterocycles. The predicted octanol–water partition coefficient (Wildman–Crippen LogP) is 0.976. The first-order chi connectivity index (χ1) is 9.99. The molecule has 116 valence electrons. The van der Waals surface area contributed by atoms with Crippen molar-refractivity contribution in [1.82, 2.24) is 9.62 Å². The van der Waals surface area contributed by atoms with Crippen LogP contribution in [0.5, 0.6) is 0 Å². The molecule has 1 aromatic carbocycles. The lowest BCUT2D eigenvalue weighted by molar-refractivity contribution is -0.135. The van der Waals surface area contributed by atoms with Crippen molar-refractivity contribution in [2.75, 3.05) is 32.8 Å². The summed E-state index contributed by atoms with van der Waals surface area (Å²) in [5.74, 6) is -0.0600. The van der Waals surface area contributed by atoms with Crippen LogP contribution in [0, 0.1) is 0 Å². The monoisotopic (exact) mass is 376 g/mol. The highest BCUT2D eigenvalue weighted by Crippen LogP contribution is 2.15. The maximum Gasteiger partial charge on any atom is 0.240 e. The lowest BCUT2D eigenvalue weighted by Crippen LogP contribution is -2.42. The van der Waals surface area contributed by atoms with E-state index in [1.807, 2.05) is 0 Å². The number of carbonyl (C=O) groups excluding carboxylic acids is 1. The fraction of sp³-hybridized carbons (Fsp3) is 0.462. The summed E-state index contributed by atoms with van der Waals surface area (Å²) in [4.78, 5) is 13.8. The molecule has 8 heteroatoms. The van der Waals surface area contributed by atoms with E-state index in [1.54, 1.807) is 17.0 Å². The number of rotatable bonds is 5. The molecule has 1 N–H and O–H groups in total. The van der Waals surface area contributed by atoms with Gasteiger partial charge in [-0.1, -0.05) is 22.0 Å². The Morgan fingerprint density at radius 2 is 2.05 bits per heavy atom. The van der Waals surface area contributed by atoms with Gasteiger partial charge in [-0.3, -0.25) is 4.79 Å². The molecule has 0 spiro atoms. The van der Waals surface area contributed by atoms with Gasteiger partial charge in [0.1, 0.15) is 0 Å². The molecule has 0 radical (unpaired) electrons. The number of nitrogens with zero attached hydrogens (tertiary/aromatic N) is 1. The van der Waals surface area contributed by atoms with Gasteiger partial charge in [-0.25, -0.2) is 13.1 Å². The van der Waals surface area contributed by atoms with Gasteiger partial charge in [0.25, 0.3) is 0 Å². The van der Waals surface area contributed by atoms with Crippen LogP contribution in [0.4, 0.5) is 0 Å². The number of morpholine rings is 1. The number of hydrogen-bond donors (Lipinski definition) is 1. The Labute approximate surface area is 132 Å². The Balaban J connectivity index is 1.86. The van der Waals surface area contributed by atoms with Crippen LogP contribution in [0.1, 0.15) is 6.42 Å². The molecule has 0 atom stereocenters.